The molecule has 1 heterocycles. The van der Waals surface area contributed by atoms with E-state index in [9.17, 15) is 4.79 Å². The monoisotopic (exact) mass is 539 g/mol. The molecule has 4 aromatic rings. The van der Waals surface area contributed by atoms with Gasteiger partial charge in [-0.1, -0.05) is 60.5 Å². The summed E-state index contributed by atoms with van der Waals surface area (Å²) in [6.07, 6.45) is 8.81. The van der Waals surface area contributed by atoms with Gasteiger partial charge in [0.2, 0.25) is 5.91 Å². The third-order valence-corrected chi connectivity index (χ3v) is 7.55. The number of fused-ring (bicyclic) bond motifs is 1. The Labute approximate surface area is 234 Å². The molecular formula is C32H34ClN5O. The van der Waals surface area contributed by atoms with Crippen molar-refractivity contribution in [3.63, 3.8) is 0 Å². The molecule has 0 bridgehead atoms. The highest BCUT2D eigenvalue weighted by atomic mass is 35.5. The van der Waals surface area contributed by atoms with Gasteiger partial charge in [-0.3, -0.25) is 4.79 Å². The molecule has 5 rings (SSSR count). The number of carbonyl (C=O) groups excluding carboxylic acids is 1. The molecule has 1 aliphatic rings. The highest BCUT2D eigenvalue weighted by molar-refractivity contribution is 6.31. The van der Waals surface area contributed by atoms with Crippen LogP contribution >= 0.6 is 11.6 Å². The molecule has 0 radical (unpaired) electrons. The summed E-state index contributed by atoms with van der Waals surface area (Å²) in [5.74, 6) is 2.60. The van der Waals surface area contributed by atoms with Gasteiger partial charge in [0.05, 0.1) is 5.52 Å². The van der Waals surface area contributed by atoms with E-state index in [1.165, 1.54) is 32.6 Å². The van der Waals surface area contributed by atoms with E-state index in [2.05, 4.69) is 34.9 Å². The van der Waals surface area contributed by atoms with Gasteiger partial charge in [-0.05, 0) is 90.7 Å². The van der Waals surface area contributed by atoms with Crippen LogP contribution < -0.4 is 16.4 Å². The largest absolute Gasteiger partial charge is 0.369 e. The summed E-state index contributed by atoms with van der Waals surface area (Å²) in [6.45, 7) is 3.15. The molecular weight excluding hydrogens is 506 g/mol. The lowest BCUT2D eigenvalue weighted by atomic mass is 9.81. The molecule has 4 N–H and O–H groups in total. The Morgan fingerprint density at radius 3 is 2.62 bits per heavy atom. The summed E-state index contributed by atoms with van der Waals surface area (Å²) in [7, 11) is 0. The topological polar surface area (TPSA) is 92.9 Å². The van der Waals surface area contributed by atoms with E-state index in [1.54, 1.807) is 0 Å². The predicted molar refractivity (Wildman–Crippen MR) is 163 cm³/mol. The highest BCUT2D eigenvalue weighted by Gasteiger charge is 2.21. The van der Waals surface area contributed by atoms with Crippen molar-refractivity contribution in [1.82, 2.24) is 9.97 Å². The number of carbonyl (C=O) groups is 1. The van der Waals surface area contributed by atoms with Crippen molar-refractivity contribution >= 4 is 52.1 Å². The normalized spacial score (nSPS) is 17.4. The van der Waals surface area contributed by atoms with E-state index in [0.717, 1.165) is 52.2 Å². The van der Waals surface area contributed by atoms with Crippen LogP contribution in [0.3, 0.4) is 0 Å². The maximum absolute atomic E-state index is 11.4. The van der Waals surface area contributed by atoms with Crippen LogP contribution in [-0.2, 0) is 4.79 Å². The molecule has 0 spiro atoms. The van der Waals surface area contributed by atoms with Gasteiger partial charge < -0.3 is 16.4 Å². The smallest absolute Gasteiger partial charge is 0.221 e. The summed E-state index contributed by atoms with van der Waals surface area (Å²) >= 11 is 6.30. The number of aromatic nitrogens is 2. The maximum Gasteiger partial charge on any atom is 0.221 e. The van der Waals surface area contributed by atoms with E-state index in [0.29, 0.717) is 22.7 Å². The number of anilines is 2. The molecule has 0 saturated heterocycles. The second kappa shape index (κ2) is 12.4. The predicted octanol–water partition coefficient (Wildman–Crippen LogP) is 7.26. The second-order valence-corrected chi connectivity index (χ2v) is 10.8. The van der Waals surface area contributed by atoms with Crippen molar-refractivity contribution in [3.05, 3.63) is 83.1 Å². The molecule has 6 nitrogen and oxygen atoms in total. The van der Waals surface area contributed by atoms with Crippen LogP contribution in [0.25, 0.3) is 34.2 Å². The van der Waals surface area contributed by atoms with Gasteiger partial charge >= 0.3 is 0 Å². The zero-order chi connectivity index (χ0) is 27.2. The van der Waals surface area contributed by atoms with Crippen LogP contribution in [0.1, 0.15) is 44.0 Å². The molecule has 3 aromatic carbocycles. The third kappa shape index (κ3) is 7.02. The van der Waals surface area contributed by atoms with Gasteiger partial charge in [-0.15, -0.1) is 0 Å². The highest BCUT2D eigenvalue weighted by Crippen LogP contribution is 2.30. The standard InChI is InChI=1S/C32H34ClN5O/c1-21(39)36-28-7-3-6-26(17-28)25-11-8-22(9-12-25)10-15-31-37-30-18-27(33)13-14-29(30)32(38-31)35-20-24-5-2-4-23(16-24)19-34/h3,6-15,17-18,23-24H,2,4-5,16,19-20,34H2,1H3,(H,36,39)(H,35,37,38)/b15-10+. The van der Waals surface area contributed by atoms with Crippen LogP contribution in [0.5, 0.6) is 0 Å². The van der Waals surface area contributed by atoms with Crippen LogP contribution in [0.2, 0.25) is 5.02 Å². The Balaban J connectivity index is 1.34. The van der Waals surface area contributed by atoms with Crippen LogP contribution in [-0.4, -0.2) is 29.0 Å². The van der Waals surface area contributed by atoms with E-state index < -0.39 is 0 Å². The van der Waals surface area contributed by atoms with E-state index in [-0.39, 0.29) is 5.91 Å². The summed E-state index contributed by atoms with van der Waals surface area (Å²) < 4.78 is 0. The zero-order valence-electron chi connectivity index (χ0n) is 22.2. The third-order valence-electron chi connectivity index (χ3n) is 7.31. The average molecular weight is 540 g/mol. The molecule has 1 amide bonds. The molecule has 0 aliphatic heterocycles. The van der Waals surface area contributed by atoms with Gasteiger partial charge in [0, 0.05) is 29.6 Å². The number of hydrogen-bond donors (Lipinski definition) is 3. The SMILES string of the molecule is CC(=O)Nc1cccc(-c2ccc(/C=C/c3nc(NCC4CCCC(CN)C4)c4ccc(Cl)cc4n3)cc2)c1. The van der Waals surface area contributed by atoms with Crippen LogP contribution in [0.4, 0.5) is 11.5 Å². The minimum absolute atomic E-state index is 0.0848. The average Bonchev–Trinajstić information content (AvgIpc) is 2.94. The van der Waals surface area contributed by atoms with E-state index >= 15 is 0 Å². The van der Waals surface area contributed by atoms with Crippen molar-refractivity contribution in [3.8, 4) is 11.1 Å². The Morgan fingerprint density at radius 1 is 1.00 bits per heavy atom. The number of rotatable bonds is 8. The molecule has 39 heavy (non-hydrogen) atoms. The first-order chi connectivity index (χ1) is 19.0. The number of nitrogens with zero attached hydrogens (tertiary/aromatic N) is 2. The number of amides is 1. The fourth-order valence-corrected chi connectivity index (χ4v) is 5.48. The number of halogens is 1. The summed E-state index contributed by atoms with van der Waals surface area (Å²) in [5.41, 5.74) is 10.7. The van der Waals surface area contributed by atoms with Crippen molar-refractivity contribution in [2.24, 2.45) is 17.6 Å². The Kier molecular flexibility index (Phi) is 8.54. The minimum atomic E-state index is -0.0848. The fourth-order valence-electron chi connectivity index (χ4n) is 5.31. The van der Waals surface area contributed by atoms with Crippen molar-refractivity contribution in [2.75, 3.05) is 23.7 Å². The fraction of sp³-hybridized carbons (Fsp3) is 0.281. The number of nitrogens with two attached hydrogens (primary N) is 1. The van der Waals surface area contributed by atoms with E-state index in [1.807, 2.05) is 54.6 Å². The van der Waals surface area contributed by atoms with Crippen LogP contribution in [0, 0.1) is 11.8 Å². The molecule has 200 valence electrons. The molecule has 1 aliphatic carbocycles. The van der Waals surface area contributed by atoms with Gasteiger partial charge in [0.15, 0.2) is 5.82 Å². The molecule has 2 unspecified atom stereocenters. The lowest BCUT2D eigenvalue weighted by Gasteiger charge is -2.28. The molecule has 2 atom stereocenters. The first-order valence-corrected chi connectivity index (χ1v) is 13.9. The second-order valence-electron chi connectivity index (χ2n) is 10.3. The van der Waals surface area contributed by atoms with Crippen molar-refractivity contribution in [1.29, 1.82) is 0 Å². The van der Waals surface area contributed by atoms with Gasteiger partial charge in [-0.2, -0.15) is 0 Å². The maximum atomic E-state index is 11.4. The molecule has 1 saturated carbocycles. The van der Waals surface area contributed by atoms with Crippen LogP contribution in [0.15, 0.2) is 66.7 Å². The first-order valence-electron chi connectivity index (χ1n) is 13.5. The number of nitrogens with one attached hydrogen (secondary N) is 2. The van der Waals surface area contributed by atoms with Gasteiger partial charge in [0.1, 0.15) is 5.82 Å². The lowest BCUT2D eigenvalue weighted by Crippen LogP contribution is -2.26. The Hall–Kier alpha value is -3.74. The quantitative estimate of drug-likeness (QED) is 0.219. The Morgan fingerprint density at radius 2 is 1.82 bits per heavy atom. The Bertz CT molecular complexity index is 1480. The number of hydrogen-bond acceptors (Lipinski definition) is 5. The summed E-state index contributed by atoms with van der Waals surface area (Å²) in [5, 5.41) is 8.06. The van der Waals surface area contributed by atoms with Crippen molar-refractivity contribution in [2.45, 2.75) is 32.6 Å². The molecule has 1 aromatic heterocycles. The molecule has 1 fully saturated rings. The zero-order valence-corrected chi connectivity index (χ0v) is 22.9. The number of benzene rings is 3. The molecule has 7 heteroatoms. The summed E-state index contributed by atoms with van der Waals surface area (Å²) in [6, 6.07) is 21.8. The van der Waals surface area contributed by atoms with Crippen molar-refractivity contribution < 1.29 is 4.79 Å². The van der Waals surface area contributed by atoms with E-state index in [4.69, 9.17) is 27.3 Å². The minimum Gasteiger partial charge on any atom is -0.369 e. The lowest BCUT2D eigenvalue weighted by molar-refractivity contribution is -0.114. The van der Waals surface area contributed by atoms with Gasteiger partial charge in [0.25, 0.3) is 0 Å². The first kappa shape index (κ1) is 26.9. The summed E-state index contributed by atoms with van der Waals surface area (Å²) in [4.78, 5) is 21.0. The van der Waals surface area contributed by atoms with Gasteiger partial charge in [-0.25, -0.2) is 9.97 Å².